The number of aromatic nitrogens is 3. The predicted octanol–water partition coefficient (Wildman–Crippen LogP) is 1.03. The van der Waals surface area contributed by atoms with Gasteiger partial charge in [0.05, 0.1) is 11.4 Å². The Morgan fingerprint density at radius 3 is 3.06 bits per heavy atom. The Kier molecular flexibility index (Phi) is 3.97. The van der Waals surface area contributed by atoms with Crippen LogP contribution in [0.3, 0.4) is 0 Å². The van der Waals surface area contributed by atoms with Crippen molar-refractivity contribution < 1.29 is 9.90 Å². The lowest BCUT2D eigenvalue weighted by atomic mass is 10.4. The number of thioether (sulfide) groups is 1. The van der Waals surface area contributed by atoms with E-state index in [1.54, 1.807) is 0 Å². The van der Waals surface area contributed by atoms with Crippen LogP contribution in [0.15, 0.2) is 10.9 Å². The Balaban J connectivity index is 2.25. The molecule has 0 aromatic carbocycles. The van der Waals surface area contributed by atoms with E-state index in [9.17, 15) is 9.59 Å². The number of aryl methyl sites for hydroxylation is 1. The third kappa shape index (κ3) is 2.88. The summed E-state index contributed by atoms with van der Waals surface area (Å²) in [5.74, 6) is -0.453. The van der Waals surface area contributed by atoms with E-state index in [-0.39, 0.29) is 11.3 Å². The van der Waals surface area contributed by atoms with E-state index in [0.29, 0.717) is 16.4 Å². The zero-order valence-electron chi connectivity index (χ0n) is 9.62. The molecule has 0 spiro atoms. The molecule has 0 unspecified atom stereocenters. The molecule has 96 valence electrons. The second-order valence-electron chi connectivity index (χ2n) is 3.52. The van der Waals surface area contributed by atoms with Gasteiger partial charge in [-0.15, -0.1) is 11.8 Å². The van der Waals surface area contributed by atoms with Gasteiger partial charge < -0.3 is 5.11 Å². The normalized spacial score (nSPS) is 10.9. The molecule has 0 bridgehead atoms. The molecule has 1 N–H and O–H groups in total. The van der Waals surface area contributed by atoms with Gasteiger partial charge in [0, 0.05) is 11.8 Å². The van der Waals surface area contributed by atoms with Crippen molar-refractivity contribution in [2.45, 2.75) is 19.1 Å². The fourth-order valence-corrected chi connectivity index (χ4v) is 2.85. The van der Waals surface area contributed by atoms with Gasteiger partial charge in [-0.25, -0.2) is 4.98 Å². The first-order valence-electron chi connectivity index (χ1n) is 5.28. The first-order valence-corrected chi connectivity index (χ1v) is 7.25. The molecule has 0 fully saturated rings. The summed E-state index contributed by atoms with van der Waals surface area (Å²) in [4.78, 5) is 27.0. The maximum Gasteiger partial charge on any atom is 0.313 e. The number of nitrogens with zero attached hydrogens (tertiary/aromatic N) is 3. The molecule has 0 saturated heterocycles. The van der Waals surface area contributed by atoms with Gasteiger partial charge >= 0.3 is 5.97 Å². The fourth-order valence-electron chi connectivity index (χ4n) is 1.36. The van der Waals surface area contributed by atoms with Gasteiger partial charge in [0.1, 0.15) is 5.01 Å². The van der Waals surface area contributed by atoms with Crippen LogP contribution < -0.4 is 5.56 Å². The summed E-state index contributed by atoms with van der Waals surface area (Å²) in [6.07, 6.45) is 0.760. The van der Waals surface area contributed by atoms with Gasteiger partial charge in [-0.1, -0.05) is 18.3 Å². The van der Waals surface area contributed by atoms with E-state index >= 15 is 0 Å². The standard InChI is InChI=1S/C10H11N3O3S2/c1-2-7-12-13-8(14)3-6(11-10(13)18-7)4-17-5-9(15)16/h3H,2,4-5H2,1H3,(H,15,16). The molecule has 2 aromatic heterocycles. The summed E-state index contributed by atoms with van der Waals surface area (Å²) in [5.41, 5.74) is 0.374. The van der Waals surface area contributed by atoms with Crippen LogP contribution in [0.25, 0.3) is 4.96 Å². The predicted molar refractivity (Wildman–Crippen MR) is 70.3 cm³/mol. The van der Waals surface area contributed by atoms with Gasteiger partial charge in [0.15, 0.2) is 0 Å². The molecule has 0 amide bonds. The van der Waals surface area contributed by atoms with Crippen LogP contribution in [0.2, 0.25) is 0 Å². The van der Waals surface area contributed by atoms with Crippen LogP contribution in [0, 0.1) is 0 Å². The van der Waals surface area contributed by atoms with Crippen LogP contribution >= 0.6 is 23.1 Å². The Morgan fingerprint density at radius 2 is 2.39 bits per heavy atom. The summed E-state index contributed by atoms with van der Waals surface area (Å²) in [7, 11) is 0. The molecule has 8 heteroatoms. The molecule has 0 aliphatic rings. The van der Waals surface area contributed by atoms with Crippen molar-refractivity contribution in [2.75, 3.05) is 5.75 Å². The number of carboxylic acids is 1. The van der Waals surface area contributed by atoms with Gasteiger partial charge in [0.25, 0.3) is 5.56 Å². The zero-order valence-corrected chi connectivity index (χ0v) is 11.3. The first-order chi connectivity index (χ1) is 8.60. The maximum absolute atomic E-state index is 11.8. The Bertz CT molecular complexity index is 635. The van der Waals surface area contributed by atoms with Crippen molar-refractivity contribution in [3.8, 4) is 0 Å². The number of aliphatic carboxylic acids is 1. The number of hydrogen-bond acceptors (Lipinski definition) is 6. The van der Waals surface area contributed by atoms with Crippen molar-refractivity contribution in [3.05, 3.63) is 27.1 Å². The van der Waals surface area contributed by atoms with Gasteiger partial charge in [-0.05, 0) is 6.42 Å². The fraction of sp³-hybridized carbons (Fsp3) is 0.400. The van der Waals surface area contributed by atoms with E-state index < -0.39 is 5.97 Å². The summed E-state index contributed by atoms with van der Waals surface area (Å²) < 4.78 is 1.29. The summed E-state index contributed by atoms with van der Waals surface area (Å²) in [5, 5.41) is 13.5. The number of carbonyl (C=O) groups is 1. The molecule has 0 atom stereocenters. The molecule has 0 aliphatic heterocycles. The van der Waals surface area contributed by atoms with Crippen molar-refractivity contribution in [1.29, 1.82) is 0 Å². The maximum atomic E-state index is 11.8. The molecular weight excluding hydrogens is 274 g/mol. The van der Waals surface area contributed by atoms with Crippen LogP contribution in [-0.4, -0.2) is 31.4 Å². The molecule has 2 heterocycles. The lowest BCUT2D eigenvalue weighted by Gasteiger charge is -1.98. The monoisotopic (exact) mass is 285 g/mol. The number of hydrogen-bond donors (Lipinski definition) is 1. The largest absolute Gasteiger partial charge is 0.481 e. The van der Waals surface area contributed by atoms with E-state index in [0.717, 1.165) is 11.4 Å². The van der Waals surface area contributed by atoms with Gasteiger partial charge in [-0.3, -0.25) is 9.59 Å². The van der Waals surface area contributed by atoms with Crippen LogP contribution in [-0.2, 0) is 17.0 Å². The molecule has 2 rings (SSSR count). The lowest BCUT2D eigenvalue weighted by molar-refractivity contribution is -0.133. The minimum Gasteiger partial charge on any atom is -0.481 e. The third-order valence-corrected chi connectivity index (χ3v) is 4.12. The van der Waals surface area contributed by atoms with E-state index in [2.05, 4.69) is 10.1 Å². The molecule has 0 saturated carbocycles. The highest BCUT2D eigenvalue weighted by molar-refractivity contribution is 7.99. The highest BCUT2D eigenvalue weighted by atomic mass is 32.2. The summed E-state index contributed by atoms with van der Waals surface area (Å²) in [6, 6.07) is 1.40. The average Bonchev–Trinajstić information content (AvgIpc) is 2.72. The highest BCUT2D eigenvalue weighted by Gasteiger charge is 2.08. The molecular formula is C10H11N3O3S2. The number of carboxylic acid groups (broad SMARTS) is 1. The second-order valence-corrected chi connectivity index (χ2v) is 5.54. The highest BCUT2D eigenvalue weighted by Crippen LogP contribution is 2.14. The summed E-state index contributed by atoms with van der Waals surface area (Å²) in [6.45, 7) is 1.96. The minimum atomic E-state index is -0.871. The third-order valence-electron chi connectivity index (χ3n) is 2.12. The quantitative estimate of drug-likeness (QED) is 0.883. The van der Waals surface area contributed by atoms with Gasteiger partial charge in [-0.2, -0.15) is 9.61 Å². The molecule has 0 aliphatic carbocycles. The van der Waals surface area contributed by atoms with E-state index in [1.165, 1.54) is 33.7 Å². The SMILES string of the molecule is CCc1nn2c(=O)cc(CSCC(=O)O)nc2s1. The molecule has 18 heavy (non-hydrogen) atoms. The Hall–Kier alpha value is -1.41. The Labute approximate surface area is 111 Å². The molecule has 0 radical (unpaired) electrons. The second kappa shape index (κ2) is 5.49. The van der Waals surface area contributed by atoms with Gasteiger partial charge in [0.2, 0.25) is 4.96 Å². The first kappa shape index (κ1) is 13.0. The molecule has 2 aromatic rings. The summed E-state index contributed by atoms with van der Waals surface area (Å²) >= 11 is 2.60. The van der Waals surface area contributed by atoms with Crippen molar-refractivity contribution in [1.82, 2.24) is 14.6 Å². The molecule has 6 nitrogen and oxygen atoms in total. The lowest BCUT2D eigenvalue weighted by Crippen LogP contribution is -2.15. The van der Waals surface area contributed by atoms with Crippen LogP contribution in [0.4, 0.5) is 0 Å². The smallest absolute Gasteiger partial charge is 0.313 e. The Morgan fingerprint density at radius 1 is 1.61 bits per heavy atom. The minimum absolute atomic E-state index is 0.00392. The number of fused-ring (bicyclic) bond motifs is 1. The average molecular weight is 285 g/mol. The van der Waals surface area contributed by atoms with E-state index in [1.807, 2.05) is 6.92 Å². The van der Waals surface area contributed by atoms with Crippen molar-refractivity contribution in [3.63, 3.8) is 0 Å². The number of rotatable bonds is 5. The van der Waals surface area contributed by atoms with Crippen LogP contribution in [0.1, 0.15) is 17.6 Å². The topological polar surface area (TPSA) is 84.6 Å². The van der Waals surface area contributed by atoms with Crippen molar-refractivity contribution in [2.24, 2.45) is 0 Å². The van der Waals surface area contributed by atoms with Crippen LogP contribution in [0.5, 0.6) is 0 Å². The van der Waals surface area contributed by atoms with Crippen molar-refractivity contribution >= 4 is 34.0 Å². The zero-order chi connectivity index (χ0) is 13.1. The van der Waals surface area contributed by atoms with E-state index in [4.69, 9.17) is 5.11 Å².